The number of nitrogens with one attached hydrogen (secondary N) is 2. The van der Waals surface area contributed by atoms with Crippen molar-refractivity contribution in [1.82, 2.24) is 4.98 Å². The van der Waals surface area contributed by atoms with E-state index in [1.54, 1.807) is 12.1 Å². The average molecular weight is 337 g/mol. The third kappa shape index (κ3) is 3.44. The highest BCUT2D eigenvalue weighted by molar-refractivity contribution is 8.00. The number of anilines is 1. The molecule has 2 aromatic carbocycles. The largest absolute Gasteiger partial charge is 0.360 e. The van der Waals surface area contributed by atoms with Crippen molar-refractivity contribution in [2.45, 2.75) is 18.7 Å². The van der Waals surface area contributed by atoms with Crippen LogP contribution in [0.3, 0.4) is 0 Å². The first-order valence-electron chi connectivity index (χ1n) is 7.45. The minimum Gasteiger partial charge on any atom is -0.360 e. The van der Waals surface area contributed by atoms with Crippen LogP contribution in [0.25, 0.3) is 11.3 Å². The number of hydrogen-bond acceptors (Lipinski definition) is 3. The summed E-state index contributed by atoms with van der Waals surface area (Å²) < 4.78 is 16.8. The van der Waals surface area contributed by atoms with Gasteiger partial charge < -0.3 is 9.71 Å². The van der Waals surface area contributed by atoms with Crippen molar-refractivity contribution in [3.05, 3.63) is 71.2 Å². The number of hydrogen-bond donors (Lipinski definition) is 2. The van der Waals surface area contributed by atoms with E-state index in [2.05, 4.69) is 41.8 Å². The van der Waals surface area contributed by atoms with Crippen molar-refractivity contribution in [2.75, 3.05) is 4.72 Å². The summed E-state index contributed by atoms with van der Waals surface area (Å²) in [4.78, 5) is 4.21. The Kier molecular flexibility index (Phi) is 4.59. The Morgan fingerprint density at radius 1 is 1.12 bits per heavy atom. The predicted molar refractivity (Wildman–Crippen MR) is 96.3 cm³/mol. The van der Waals surface area contributed by atoms with E-state index in [-0.39, 0.29) is 0 Å². The molecular weight excluding hydrogens is 321 g/mol. The number of benzene rings is 2. The van der Waals surface area contributed by atoms with Gasteiger partial charge in [0.25, 0.3) is 0 Å². The van der Waals surface area contributed by atoms with Crippen LogP contribution in [0.1, 0.15) is 16.7 Å². The first-order chi connectivity index (χ1) is 11.6. The fourth-order valence-corrected chi connectivity index (χ4v) is 3.17. The number of H-pyrrole nitrogens is 1. The third-order valence-electron chi connectivity index (χ3n) is 3.71. The second-order valence-corrected chi connectivity index (χ2v) is 6.46. The molecule has 0 aliphatic carbocycles. The molecule has 0 saturated carbocycles. The standard InChI is InChI=1S/C19H16FN3S/c1-12-3-5-16(13(2)7-12)19-9-15(11-22-19)24-23-18-6-4-14(10-21)8-17(18)20/h3-9,11,22-23H,1-2H3. The molecule has 24 heavy (non-hydrogen) atoms. The summed E-state index contributed by atoms with van der Waals surface area (Å²) >= 11 is 1.32. The van der Waals surface area contributed by atoms with Crippen LogP contribution < -0.4 is 4.72 Å². The van der Waals surface area contributed by atoms with Gasteiger partial charge in [0, 0.05) is 22.3 Å². The summed E-state index contributed by atoms with van der Waals surface area (Å²) in [5.74, 6) is -0.438. The van der Waals surface area contributed by atoms with Gasteiger partial charge in [-0.15, -0.1) is 0 Å². The third-order valence-corrected chi connectivity index (χ3v) is 4.50. The summed E-state index contributed by atoms with van der Waals surface area (Å²) in [6.07, 6.45) is 1.88. The highest BCUT2D eigenvalue weighted by Gasteiger charge is 2.08. The number of nitrogens with zero attached hydrogens (tertiary/aromatic N) is 1. The SMILES string of the molecule is Cc1ccc(-c2cc(SNc3ccc(C#N)cc3F)c[nH]2)c(C)c1. The predicted octanol–water partition coefficient (Wildman–Crippen LogP) is 5.43. The molecule has 0 spiro atoms. The Balaban J connectivity index is 1.74. The Morgan fingerprint density at radius 3 is 2.67 bits per heavy atom. The lowest BCUT2D eigenvalue weighted by molar-refractivity contribution is 0.632. The molecule has 5 heteroatoms. The molecule has 0 unspecified atom stereocenters. The van der Waals surface area contributed by atoms with E-state index in [0.717, 1.165) is 16.2 Å². The van der Waals surface area contributed by atoms with Crippen LogP contribution in [0.2, 0.25) is 0 Å². The van der Waals surface area contributed by atoms with Gasteiger partial charge in [-0.05, 0) is 55.6 Å². The van der Waals surface area contributed by atoms with Gasteiger partial charge in [-0.1, -0.05) is 23.8 Å². The van der Waals surface area contributed by atoms with Gasteiger partial charge in [-0.25, -0.2) is 4.39 Å². The van der Waals surface area contributed by atoms with E-state index < -0.39 is 5.82 Å². The Labute approximate surface area is 144 Å². The van der Waals surface area contributed by atoms with Gasteiger partial charge in [-0.2, -0.15) is 5.26 Å². The molecule has 0 amide bonds. The molecule has 0 aliphatic heterocycles. The van der Waals surface area contributed by atoms with Crippen LogP contribution in [0.4, 0.5) is 10.1 Å². The first kappa shape index (κ1) is 16.2. The fourth-order valence-electron chi connectivity index (χ4n) is 2.49. The highest BCUT2D eigenvalue weighted by atomic mass is 32.2. The van der Waals surface area contributed by atoms with Crippen LogP contribution >= 0.6 is 11.9 Å². The number of rotatable bonds is 4. The number of aromatic nitrogens is 1. The van der Waals surface area contributed by atoms with Crippen molar-refractivity contribution in [1.29, 1.82) is 5.26 Å². The Morgan fingerprint density at radius 2 is 1.96 bits per heavy atom. The molecule has 0 atom stereocenters. The van der Waals surface area contributed by atoms with Gasteiger partial charge in [0.1, 0.15) is 5.82 Å². The normalized spacial score (nSPS) is 10.4. The zero-order valence-corrected chi connectivity index (χ0v) is 14.2. The topological polar surface area (TPSA) is 51.6 Å². The Hall–Kier alpha value is -2.71. The number of aryl methyl sites for hydroxylation is 2. The first-order valence-corrected chi connectivity index (χ1v) is 8.27. The summed E-state index contributed by atoms with van der Waals surface area (Å²) in [5, 5.41) is 8.76. The molecule has 0 fully saturated rings. The van der Waals surface area contributed by atoms with Crippen LogP contribution in [0.15, 0.2) is 53.6 Å². The van der Waals surface area contributed by atoms with Crippen LogP contribution in [-0.2, 0) is 0 Å². The maximum Gasteiger partial charge on any atom is 0.148 e. The average Bonchev–Trinajstić information content (AvgIpc) is 3.02. The monoisotopic (exact) mass is 337 g/mol. The van der Waals surface area contributed by atoms with E-state index >= 15 is 0 Å². The van der Waals surface area contributed by atoms with Gasteiger partial charge in [-0.3, -0.25) is 0 Å². The van der Waals surface area contributed by atoms with Crippen molar-refractivity contribution in [2.24, 2.45) is 0 Å². The van der Waals surface area contributed by atoms with Crippen molar-refractivity contribution in [3.8, 4) is 17.3 Å². The molecule has 0 bridgehead atoms. The molecule has 1 heterocycles. The van der Waals surface area contributed by atoms with Crippen molar-refractivity contribution in [3.63, 3.8) is 0 Å². The van der Waals surface area contributed by atoms with Crippen LogP contribution in [0.5, 0.6) is 0 Å². The second-order valence-electron chi connectivity index (χ2n) is 5.58. The summed E-state index contributed by atoms with van der Waals surface area (Å²) in [5.41, 5.74) is 5.28. The zero-order valence-electron chi connectivity index (χ0n) is 13.4. The molecule has 1 aromatic heterocycles. The van der Waals surface area contributed by atoms with Crippen molar-refractivity contribution >= 4 is 17.6 Å². The van der Waals surface area contributed by atoms with Gasteiger partial charge >= 0.3 is 0 Å². The quantitative estimate of drug-likeness (QED) is 0.624. The molecule has 0 aliphatic rings. The fraction of sp³-hybridized carbons (Fsp3) is 0.105. The number of halogens is 1. The van der Waals surface area contributed by atoms with Gasteiger partial charge in [0.2, 0.25) is 0 Å². The van der Waals surface area contributed by atoms with Crippen LogP contribution in [-0.4, -0.2) is 4.98 Å². The maximum absolute atomic E-state index is 13.9. The molecule has 0 saturated heterocycles. The highest BCUT2D eigenvalue weighted by Crippen LogP contribution is 2.29. The molecular formula is C19H16FN3S. The van der Waals surface area contributed by atoms with Gasteiger partial charge in [0.15, 0.2) is 0 Å². The second kappa shape index (κ2) is 6.81. The molecule has 3 nitrogen and oxygen atoms in total. The minimum absolute atomic E-state index is 0.307. The van der Waals surface area contributed by atoms with Gasteiger partial charge in [0.05, 0.1) is 17.3 Å². The molecule has 3 rings (SSSR count). The van der Waals surface area contributed by atoms with Crippen molar-refractivity contribution < 1.29 is 4.39 Å². The zero-order chi connectivity index (χ0) is 17.1. The summed E-state index contributed by atoms with van der Waals surface area (Å²) in [6, 6.07) is 14.6. The molecule has 0 radical (unpaired) electrons. The number of aromatic amines is 1. The van der Waals surface area contributed by atoms with E-state index in [1.807, 2.05) is 18.3 Å². The van der Waals surface area contributed by atoms with E-state index in [9.17, 15) is 4.39 Å². The summed E-state index contributed by atoms with van der Waals surface area (Å²) in [6.45, 7) is 4.16. The molecule has 3 aromatic rings. The van der Waals surface area contributed by atoms with E-state index in [4.69, 9.17) is 5.26 Å². The Bertz CT molecular complexity index is 925. The smallest absolute Gasteiger partial charge is 0.148 e. The molecule has 2 N–H and O–H groups in total. The lowest BCUT2D eigenvalue weighted by Gasteiger charge is -2.05. The minimum atomic E-state index is -0.438. The van der Waals surface area contributed by atoms with Crippen LogP contribution in [0, 0.1) is 31.0 Å². The molecule has 120 valence electrons. The lowest BCUT2D eigenvalue weighted by Crippen LogP contribution is -1.91. The summed E-state index contributed by atoms with van der Waals surface area (Å²) in [7, 11) is 0. The number of nitriles is 1. The van der Waals surface area contributed by atoms with E-state index in [1.165, 1.54) is 29.1 Å². The lowest BCUT2D eigenvalue weighted by atomic mass is 10.0. The maximum atomic E-state index is 13.9. The van der Waals surface area contributed by atoms with E-state index in [0.29, 0.717) is 11.3 Å².